The van der Waals surface area contributed by atoms with Gasteiger partial charge in [0.1, 0.15) is 11.6 Å². The number of benzene rings is 1. The Hall–Kier alpha value is -1.45. The molecule has 0 radical (unpaired) electrons. The van der Waals surface area contributed by atoms with E-state index in [4.69, 9.17) is 0 Å². The molecule has 1 aromatic carbocycles. The molecule has 1 heterocycles. The van der Waals surface area contributed by atoms with Crippen LogP contribution in [-0.4, -0.2) is 23.9 Å². The number of amides is 1. The molecule has 0 N–H and O–H groups in total. The molecule has 2 rings (SSSR count). The summed E-state index contributed by atoms with van der Waals surface area (Å²) in [6.07, 6.45) is 1.66. The zero-order valence-electron chi connectivity index (χ0n) is 11.4. The van der Waals surface area contributed by atoms with Crippen molar-refractivity contribution >= 4 is 5.91 Å². The summed E-state index contributed by atoms with van der Waals surface area (Å²) >= 11 is 0. The zero-order chi connectivity index (χ0) is 14.0. The van der Waals surface area contributed by atoms with Gasteiger partial charge in [0.25, 0.3) is 0 Å². The summed E-state index contributed by atoms with van der Waals surface area (Å²) in [7, 11) is 0. The van der Waals surface area contributed by atoms with Crippen LogP contribution >= 0.6 is 0 Å². The summed E-state index contributed by atoms with van der Waals surface area (Å²) in [5.74, 6) is -1.49. The van der Waals surface area contributed by atoms with Gasteiger partial charge in [-0.15, -0.1) is 0 Å². The molecule has 1 fully saturated rings. The van der Waals surface area contributed by atoms with Crippen molar-refractivity contribution < 1.29 is 13.6 Å². The quantitative estimate of drug-likeness (QED) is 0.806. The third-order valence-corrected chi connectivity index (χ3v) is 3.86. The Balaban J connectivity index is 2.02. The summed E-state index contributed by atoms with van der Waals surface area (Å²) in [5.41, 5.74) is 0.123. The maximum Gasteiger partial charge on any atom is 0.227 e. The van der Waals surface area contributed by atoms with Crippen molar-refractivity contribution in [3.8, 4) is 0 Å². The van der Waals surface area contributed by atoms with Crippen LogP contribution in [0.25, 0.3) is 0 Å². The lowest BCUT2D eigenvalue weighted by Gasteiger charge is -2.37. The highest BCUT2D eigenvalue weighted by Crippen LogP contribution is 2.30. The molecule has 1 aromatic rings. The fraction of sp³-hybridized carbons (Fsp3) is 0.533. The van der Waals surface area contributed by atoms with Crippen molar-refractivity contribution in [2.75, 3.05) is 13.1 Å². The van der Waals surface area contributed by atoms with E-state index in [0.29, 0.717) is 13.1 Å². The van der Waals surface area contributed by atoms with Crippen molar-refractivity contribution in [2.24, 2.45) is 5.41 Å². The van der Waals surface area contributed by atoms with Crippen LogP contribution in [0, 0.1) is 17.0 Å². The van der Waals surface area contributed by atoms with Crippen molar-refractivity contribution in [3.05, 3.63) is 35.4 Å². The Morgan fingerprint density at radius 1 is 1.21 bits per heavy atom. The molecule has 1 saturated heterocycles. The van der Waals surface area contributed by atoms with E-state index in [1.807, 2.05) is 0 Å². The Labute approximate surface area is 112 Å². The normalized spacial score (nSPS) is 18.4. The Kier molecular flexibility index (Phi) is 3.88. The average Bonchev–Trinajstić information content (AvgIpc) is 2.33. The van der Waals surface area contributed by atoms with Gasteiger partial charge in [-0.3, -0.25) is 4.79 Å². The minimum atomic E-state index is -0.648. The molecule has 1 aliphatic rings. The van der Waals surface area contributed by atoms with E-state index in [0.717, 1.165) is 12.8 Å². The maximum atomic E-state index is 13.5. The smallest absolute Gasteiger partial charge is 0.227 e. The second kappa shape index (κ2) is 5.27. The number of likely N-dealkylation sites (tertiary alicyclic amines) is 1. The summed E-state index contributed by atoms with van der Waals surface area (Å²) in [6.45, 7) is 5.68. The number of nitrogens with zero attached hydrogens (tertiary/aromatic N) is 1. The van der Waals surface area contributed by atoms with Crippen LogP contribution in [0.15, 0.2) is 18.2 Å². The van der Waals surface area contributed by atoms with Crippen molar-refractivity contribution in [1.82, 2.24) is 4.90 Å². The predicted molar refractivity (Wildman–Crippen MR) is 69.7 cm³/mol. The summed E-state index contributed by atoms with van der Waals surface area (Å²) in [6, 6.07) is 3.68. The van der Waals surface area contributed by atoms with Gasteiger partial charge in [-0.1, -0.05) is 19.9 Å². The number of hydrogen-bond acceptors (Lipinski definition) is 1. The average molecular weight is 267 g/mol. The Bertz CT molecular complexity index is 455. The lowest BCUT2D eigenvalue weighted by atomic mass is 9.82. The zero-order valence-corrected chi connectivity index (χ0v) is 11.4. The number of carbonyl (C=O) groups is 1. The molecule has 0 unspecified atom stereocenters. The van der Waals surface area contributed by atoms with E-state index in [1.165, 1.54) is 18.2 Å². The van der Waals surface area contributed by atoms with E-state index in [1.54, 1.807) is 4.90 Å². The summed E-state index contributed by atoms with van der Waals surface area (Å²) in [4.78, 5) is 13.8. The Morgan fingerprint density at radius 3 is 2.26 bits per heavy atom. The first-order valence-electron chi connectivity index (χ1n) is 6.60. The van der Waals surface area contributed by atoms with Crippen LogP contribution in [0.1, 0.15) is 32.3 Å². The second-order valence-corrected chi connectivity index (χ2v) is 5.92. The van der Waals surface area contributed by atoms with E-state index < -0.39 is 11.6 Å². The highest BCUT2D eigenvalue weighted by molar-refractivity contribution is 5.79. The van der Waals surface area contributed by atoms with Gasteiger partial charge in [0.15, 0.2) is 0 Å². The highest BCUT2D eigenvalue weighted by Gasteiger charge is 2.28. The van der Waals surface area contributed by atoms with Gasteiger partial charge >= 0.3 is 0 Å². The molecule has 1 amide bonds. The molecule has 4 heteroatoms. The van der Waals surface area contributed by atoms with Crippen LogP contribution in [-0.2, 0) is 11.2 Å². The van der Waals surface area contributed by atoms with E-state index >= 15 is 0 Å². The summed E-state index contributed by atoms with van der Waals surface area (Å²) in [5, 5.41) is 0. The van der Waals surface area contributed by atoms with Crippen LogP contribution in [0.3, 0.4) is 0 Å². The highest BCUT2D eigenvalue weighted by atomic mass is 19.1. The third kappa shape index (κ3) is 3.31. The molecule has 0 saturated carbocycles. The topological polar surface area (TPSA) is 20.3 Å². The van der Waals surface area contributed by atoms with E-state index in [2.05, 4.69) is 13.8 Å². The molecule has 0 spiro atoms. The van der Waals surface area contributed by atoms with Gasteiger partial charge in [-0.25, -0.2) is 8.78 Å². The SMILES string of the molecule is CC1(C)CCN(C(=O)Cc2c(F)cccc2F)CC1. The number of rotatable bonds is 2. The van der Waals surface area contributed by atoms with Crippen molar-refractivity contribution in [3.63, 3.8) is 0 Å². The molecule has 104 valence electrons. The van der Waals surface area contributed by atoms with Crippen molar-refractivity contribution in [2.45, 2.75) is 33.1 Å². The lowest BCUT2D eigenvalue weighted by Crippen LogP contribution is -2.42. The fourth-order valence-corrected chi connectivity index (χ4v) is 2.33. The molecule has 1 aliphatic heterocycles. The first-order valence-corrected chi connectivity index (χ1v) is 6.60. The van der Waals surface area contributed by atoms with Crippen LogP contribution < -0.4 is 0 Å². The lowest BCUT2D eigenvalue weighted by molar-refractivity contribution is -0.132. The van der Waals surface area contributed by atoms with E-state index in [9.17, 15) is 13.6 Å². The first-order chi connectivity index (χ1) is 8.89. The fourth-order valence-electron chi connectivity index (χ4n) is 2.33. The number of piperidine rings is 1. The van der Waals surface area contributed by atoms with Gasteiger partial charge in [-0.2, -0.15) is 0 Å². The van der Waals surface area contributed by atoms with Gasteiger partial charge in [0.2, 0.25) is 5.91 Å². The van der Waals surface area contributed by atoms with Gasteiger partial charge in [0, 0.05) is 18.7 Å². The minimum Gasteiger partial charge on any atom is -0.342 e. The maximum absolute atomic E-state index is 13.5. The largest absolute Gasteiger partial charge is 0.342 e. The molecular formula is C15H19F2NO. The first kappa shape index (κ1) is 14.0. The molecule has 0 aliphatic carbocycles. The van der Waals surface area contributed by atoms with Gasteiger partial charge in [-0.05, 0) is 30.4 Å². The second-order valence-electron chi connectivity index (χ2n) is 5.92. The number of carbonyl (C=O) groups excluding carboxylic acids is 1. The summed E-state index contributed by atoms with van der Waals surface area (Å²) < 4.78 is 27.0. The molecule has 0 bridgehead atoms. The van der Waals surface area contributed by atoms with Crippen LogP contribution in [0.4, 0.5) is 8.78 Å². The van der Waals surface area contributed by atoms with Gasteiger partial charge < -0.3 is 4.90 Å². The standard InChI is InChI=1S/C15H19F2NO/c1-15(2)6-8-18(9-7-15)14(19)10-11-12(16)4-3-5-13(11)17/h3-5H,6-10H2,1-2H3. The minimum absolute atomic E-state index is 0.127. The molecule has 19 heavy (non-hydrogen) atoms. The van der Waals surface area contributed by atoms with E-state index in [-0.39, 0.29) is 23.3 Å². The molecular weight excluding hydrogens is 248 g/mol. The molecule has 0 atom stereocenters. The van der Waals surface area contributed by atoms with Gasteiger partial charge in [0.05, 0.1) is 6.42 Å². The number of halogens is 2. The Morgan fingerprint density at radius 2 is 1.74 bits per heavy atom. The number of hydrogen-bond donors (Lipinski definition) is 0. The molecule has 2 nitrogen and oxygen atoms in total. The van der Waals surface area contributed by atoms with Crippen molar-refractivity contribution in [1.29, 1.82) is 0 Å². The predicted octanol–water partition coefficient (Wildman–Crippen LogP) is 3.16. The monoisotopic (exact) mass is 267 g/mol. The van der Waals surface area contributed by atoms with Crippen LogP contribution in [0.5, 0.6) is 0 Å². The third-order valence-electron chi connectivity index (χ3n) is 3.86. The molecule has 0 aromatic heterocycles. The van der Waals surface area contributed by atoms with Crippen LogP contribution in [0.2, 0.25) is 0 Å².